The van der Waals surface area contributed by atoms with Crippen LogP contribution >= 0.6 is 23.4 Å². The summed E-state index contributed by atoms with van der Waals surface area (Å²) in [6.45, 7) is 4.29. The number of benzene rings is 2. The number of rotatable bonds is 5. The van der Waals surface area contributed by atoms with Crippen molar-refractivity contribution in [2.75, 3.05) is 5.32 Å². The van der Waals surface area contributed by atoms with Crippen LogP contribution in [0.25, 0.3) is 0 Å². The minimum absolute atomic E-state index is 0.0510. The molecular formula is C21H24ClN3O4S2. The molecule has 1 fully saturated rings. The molecule has 0 bridgehead atoms. The Labute approximate surface area is 190 Å². The number of nitro benzene ring substituents is 1. The Morgan fingerprint density at radius 1 is 1.26 bits per heavy atom. The molecule has 1 aliphatic heterocycles. The van der Waals surface area contributed by atoms with Gasteiger partial charge < -0.3 is 5.32 Å². The van der Waals surface area contributed by atoms with E-state index in [4.69, 9.17) is 16.7 Å². The number of hydrogen-bond acceptors (Lipinski definition) is 6. The quantitative estimate of drug-likeness (QED) is 0.367. The Morgan fingerprint density at radius 2 is 1.97 bits per heavy atom. The van der Waals surface area contributed by atoms with Crippen molar-refractivity contribution in [1.82, 2.24) is 0 Å². The fourth-order valence-corrected chi connectivity index (χ4v) is 7.33. The maximum absolute atomic E-state index is 11.9. The summed E-state index contributed by atoms with van der Waals surface area (Å²) < 4.78 is 23.9. The highest BCUT2D eigenvalue weighted by atomic mass is 35.5. The fraction of sp³-hybridized carbons (Fsp3) is 0.429. The molecular weight excluding hydrogens is 458 g/mol. The molecule has 1 aliphatic carbocycles. The summed E-state index contributed by atoms with van der Waals surface area (Å²) >= 11 is 8.43. The summed E-state index contributed by atoms with van der Waals surface area (Å²) in [4.78, 5) is 11.7. The van der Waals surface area contributed by atoms with E-state index in [2.05, 4.69) is 19.2 Å². The van der Waals surface area contributed by atoms with E-state index in [-0.39, 0.29) is 44.0 Å². The Bertz CT molecular complexity index is 1130. The molecule has 31 heavy (non-hydrogen) atoms. The van der Waals surface area contributed by atoms with E-state index in [0.717, 1.165) is 17.7 Å². The van der Waals surface area contributed by atoms with Crippen LogP contribution in [0.3, 0.4) is 0 Å². The average Bonchev–Trinajstić information content (AvgIpc) is 3.02. The van der Waals surface area contributed by atoms with Gasteiger partial charge in [-0.1, -0.05) is 26.0 Å². The SMILES string of the molecule is CC(C)[C@H]1Nc2ccc(S(N)(=O)=O)cc2[C@H]2[C@@H](Cl)[C@@H](Sc3ccccc3[N+](=O)[O-])C[C@@H]21. The number of hydrogen-bond donors (Lipinski definition) is 2. The molecule has 0 spiro atoms. The number of para-hydroxylation sites is 1. The Kier molecular flexibility index (Phi) is 5.97. The second kappa shape index (κ2) is 8.27. The van der Waals surface area contributed by atoms with Crippen molar-refractivity contribution in [3.63, 3.8) is 0 Å². The number of alkyl halides is 1. The van der Waals surface area contributed by atoms with Gasteiger partial charge in [0.1, 0.15) is 0 Å². The van der Waals surface area contributed by atoms with E-state index in [1.54, 1.807) is 30.3 Å². The van der Waals surface area contributed by atoms with Crippen LogP contribution in [0.5, 0.6) is 0 Å². The molecule has 0 aromatic heterocycles. The molecule has 0 radical (unpaired) electrons. The fourth-order valence-electron chi connectivity index (χ4n) is 4.84. The molecule has 1 heterocycles. The van der Waals surface area contributed by atoms with Crippen molar-refractivity contribution in [2.45, 2.75) is 52.6 Å². The van der Waals surface area contributed by atoms with Gasteiger partial charge in [0, 0.05) is 29.0 Å². The maximum Gasteiger partial charge on any atom is 0.282 e. The molecule has 5 atom stereocenters. The lowest BCUT2D eigenvalue weighted by Gasteiger charge is -2.40. The molecule has 2 aromatic carbocycles. The number of halogens is 1. The summed E-state index contributed by atoms with van der Waals surface area (Å²) in [5.74, 6) is 0.426. The second-order valence-corrected chi connectivity index (χ2v) is 11.8. The number of fused-ring (bicyclic) bond motifs is 3. The number of anilines is 1. The summed E-state index contributed by atoms with van der Waals surface area (Å²) in [6.07, 6.45) is 0.768. The molecule has 0 saturated heterocycles. The summed E-state index contributed by atoms with van der Waals surface area (Å²) in [5.41, 5.74) is 1.79. The maximum atomic E-state index is 11.9. The minimum atomic E-state index is -3.84. The smallest absolute Gasteiger partial charge is 0.282 e. The molecule has 4 rings (SSSR count). The van der Waals surface area contributed by atoms with Gasteiger partial charge in [-0.25, -0.2) is 13.6 Å². The van der Waals surface area contributed by atoms with Crippen molar-refractivity contribution in [1.29, 1.82) is 0 Å². The molecule has 2 aliphatic rings. The molecule has 10 heteroatoms. The largest absolute Gasteiger partial charge is 0.382 e. The van der Waals surface area contributed by atoms with Crippen molar-refractivity contribution >= 4 is 44.8 Å². The molecule has 0 amide bonds. The summed E-state index contributed by atoms with van der Waals surface area (Å²) in [5, 5.41) is 20.0. The van der Waals surface area contributed by atoms with E-state index in [1.165, 1.54) is 23.9 Å². The van der Waals surface area contributed by atoms with Crippen LogP contribution in [0.4, 0.5) is 11.4 Å². The first-order valence-electron chi connectivity index (χ1n) is 10.1. The zero-order valence-corrected chi connectivity index (χ0v) is 19.5. The normalized spacial score (nSPS) is 27.5. The highest BCUT2D eigenvalue weighted by Crippen LogP contribution is 2.56. The van der Waals surface area contributed by atoms with E-state index in [0.29, 0.717) is 10.8 Å². The Balaban J connectivity index is 1.73. The van der Waals surface area contributed by atoms with Gasteiger partial charge in [-0.2, -0.15) is 0 Å². The van der Waals surface area contributed by atoms with Crippen LogP contribution in [0.15, 0.2) is 52.3 Å². The number of sulfonamides is 1. The molecule has 0 unspecified atom stereocenters. The Morgan fingerprint density at radius 3 is 2.61 bits per heavy atom. The lowest BCUT2D eigenvalue weighted by atomic mass is 9.76. The number of thioether (sulfide) groups is 1. The highest BCUT2D eigenvalue weighted by molar-refractivity contribution is 8.00. The van der Waals surface area contributed by atoms with Crippen LogP contribution in [0, 0.1) is 22.0 Å². The van der Waals surface area contributed by atoms with Gasteiger partial charge in [0.05, 0.1) is 20.1 Å². The summed E-state index contributed by atoms with van der Waals surface area (Å²) in [6, 6.07) is 11.7. The van der Waals surface area contributed by atoms with E-state index in [1.807, 2.05) is 0 Å². The van der Waals surface area contributed by atoms with Crippen molar-refractivity contribution in [3.8, 4) is 0 Å². The van der Waals surface area contributed by atoms with Crippen LogP contribution in [0.1, 0.15) is 31.7 Å². The van der Waals surface area contributed by atoms with Gasteiger partial charge in [-0.05, 0) is 48.1 Å². The zero-order valence-electron chi connectivity index (χ0n) is 17.1. The van der Waals surface area contributed by atoms with Gasteiger partial charge >= 0.3 is 0 Å². The molecule has 2 aromatic rings. The van der Waals surface area contributed by atoms with E-state index >= 15 is 0 Å². The number of nitrogens with one attached hydrogen (secondary N) is 1. The van der Waals surface area contributed by atoms with Crippen molar-refractivity contribution in [2.24, 2.45) is 17.0 Å². The first-order valence-corrected chi connectivity index (χ1v) is 12.9. The second-order valence-electron chi connectivity index (χ2n) is 8.46. The molecule has 1 saturated carbocycles. The van der Waals surface area contributed by atoms with Crippen LogP contribution < -0.4 is 10.5 Å². The first kappa shape index (κ1) is 22.4. The van der Waals surface area contributed by atoms with Crippen LogP contribution in [0.2, 0.25) is 0 Å². The predicted octanol–water partition coefficient (Wildman–Crippen LogP) is 4.56. The highest BCUT2D eigenvalue weighted by Gasteiger charge is 2.50. The number of nitrogens with two attached hydrogens (primary N) is 1. The van der Waals surface area contributed by atoms with Crippen molar-refractivity contribution < 1.29 is 13.3 Å². The standard InChI is InChI=1S/C21H24ClN3O4S2/c1-11(2)21-14-10-18(30-17-6-4-3-5-16(17)25(26)27)20(22)19(14)13-9-12(31(23,28)29)7-8-15(13)24-21/h3-9,11,14,18-21,24H,10H2,1-2H3,(H2,23,28,29)/t14-,18-,19+,20-,21+/m0/s1. The zero-order chi connectivity index (χ0) is 22.5. The van der Waals surface area contributed by atoms with Gasteiger partial charge in [-0.3, -0.25) is 10.1 Å². The third kappa shape index (κ3) is 4.16. The van der Waals surface area contributed by atoms with Gasteiger partial charge in [0.2, 0.25) is 10.0 Å². The van der Waals surface area contributed by atoms with Gasteiger partial charge in [0.15, 0.2) is 0 Å². The molecule has 7 nitrogen and oxygen atoms in total. The number of nitrogens with zero attached hydrogens (tertiary/aromatic N) is 1. The van der Waals surface area contributed by atoms with Crippen LogP contribution in [-0.4, -0.2) is 30.0 Å². The Hall–Kier alpha value is -1.81. The van der Waals surface area contributed by atoms with Gasteiger partial charge in [0.25, 0.3) is 5.69 Å². The molecule has 3 N–H and O–H groups in total. The van der Waals surface area contributed by atoms with Gasteiger partial charge in [-0.15, -0.1) is 23.4 Å². The van der Waals surface area contributed by atoms with E-state index in [9.17, 15) is 18.5 Å². The summed E-state index contributed by atoms with van der Waals surface area (Å²) in [7, 11) is -3.84. The number of nitro groups is 1. The topological polar surface area (TPSA) is 115 Å². The average molecular weight is 482 g/mol. The lowest BCUT2D eigenvalue weighted by molar-refractivity contribution is -0.387. The predicted molar refractivity (Wildman–Crippen MR) is 123 cm³/mol. The lowest BCUT2D eigenvalue weighted by Crippen LogP contribution is -2.40. The van der Waals surface area contributed by atoms with Crippen LogP contribution in [-0.2, 0) is 10.0 Å². The third-order valence-corrected chi connectivity index (χ3v) is 9.24. The molecule has 166 valence electrons. The number of primary sulfonamides is 1. The van der Waals surface area contributed by atoms with Crippen molar-refractivity contribution in [3.05, 3.63) is 58.1 Å². The first-order chi connectivity index (χ1) is 14.6. The van der Waals surface area contributed by atoms with E-state index < -0.39 is 10.0 Å². The minimum Gasteiger partial charge on any atom is -0.382 e. The monoisotopic (exact) mass is 481 g/mol. The third-order valence-electron chi connectivity index (χ3n) is 6.22.